The molecular weight excluding hydrogens is 270 g/mol. The standard InChI is InChI=1S/C9H9F4NO.Fe/c10-8(11)9(12,13)5-15-7-3-1-6(14)2-4-7;/h1-4,8H,5,14H2;. The fourth-order valence-corrected chi connectivity index (χ4v) is 0.807. The van der Waals surface area contributed by atoms with Crippen molar-refractivity contribution in [2.75, 3.05) is 12.3 Å². The van der Waals surface area contributed by atoms with Crippen LogP contribution in [0.1, 0.15) is 0 Å². The van der Waals surface area contributed by atoms with Crippen LogP contribution in [0.15, 0.2) is 24.3 Å². The average molecular weight is 279 g/mol. The van der Waals surface area contributed by atoms with Crippen molar-refractivity contribution in [1.82, 2.24) is 0 Å². The quantitative estimate of drug-likeness (QED) is 0.522. The molecule has 0 radical (unpaired) electrons. The van der Waals surface area contributed by atoms with Crippen LogP contribution in [0.3, 0.4) is 0 Å². The van der Waals surface area contributed by atoms with Crippen LogP contribution in [-0.4, -0.2) is 19.0 Å². The Labute approximate surface area is 100 Å². The van der Waals surface area contributed by atoms with Crippen molar-refractivity contribution < 1.29 is 39.4 Å². The summed E-state index contributed by atoms with van der Waals surface area (Å²) >= 11 is 0. The monoisotopic (exact) mass is 279 g/mol. The molecular formula is C9H9F4FeNO. The Balaban J connectivity index is 0.00000225. The van der Waals surface area contributed by atoms with E-state index in [4.69, 9.17) is 5.73 Å². The van der Waals surface area contributed by atoms with Gasteiger partial charge < -0.3 is 10.5 Å². The maximum Gasteiger partial charge on any atom is 0.340 e. The van der Waals surface area contributed by atoms with E-state index in [0.717, 1.165) is 0 Å². The minimum atomic E-state index is -4.14. The summed E-state index contributed by atoms with van der Waals surface area (Å²) < 4.78 is 52.8. The molecule has 1 rings (SSSR count). The summed E-state index contributed by atoms with van der Waals surface area (Å²) in [6.45, 7) is -1.35. The summed E-state index contributed by atoms with van der Waals surface area (Å²) in [6, 6.07) is 5.51. The zero-order valence-electron chi connectivity index (χ0n) is 7.94. The van der Waals surface area contributed by atoms with Crippen LogP contribution in [0.5, 0.6) is 5.75 Å². The van der Waals surface area contributed by atoms with Crippen molar-refractivity contribution in [1.29, 1.82) is 0 Å². The van der Waals surface area contributed by atoms with Crippen LogP contribution in [-0.2, 0) is 17.1 Å². The summed E-state index contributed by atoms with van der Waals surface area (Å²) in [4.78, 5) is 0. The Morgan fingerprint density at radius 1 is 1.19 bits per heavy atom. The molecule has 0 spiro atoms. The van der Waals surface area contributed by atoms with Gasteiger partial charge in [0.1, 0.15) is 5.75 Å². The number of benzene rings is 1. The Morgan fingerprint density at radius 2 is 1.69 bits per heavy atom. The molecule has 0 atom stereocenters. The minimum absolute atomic E-state index is 0. The van der Waals surface area contributed by atoms with E-state index in [9.17, 15) is 17.6 Å². The van der Waals surface area contributed by atoms with Crippen molar-refractivity contribution in [3.05, 3.63) is 24.3 Å². The van der Waals surface area contributed by atoms with E-state index < -0.39 is 19.0 Å². The second-order valence-corrected chi connectivity index (χ2v) is 2.92. The predicted octanol–water partition coefficient (Wildman–Crippen LogP) is 2.55. The Bertz CT molecular complexity index is 318. The Morgan fingerprint density at radius 3 is 2.12 bits per heavy atom. The van der Waals surface area contributed by atoms with E-state index in [1.807, 2.05) is 0 Å². The molecule has 1 aromatic carbocycles. The van der Waals surface area contributed by atoms with Gasteiger partial charge in [-0.3, -0.25) is 0 Å². The number of nitrogens with two attached hydrogens (primary N) is 1. The first-order valence-electron chi connectivity index (χ1n) is 4.06. The van der Waals surface area contributed by atoms with E-state index in [-0.39, 0.29) is 22.8 Å². The van der Waals surface area contributed by atoms with Crippen LogP contribution in [0, 0.1) is 0 Å². The van der Waals surface area contributed by atoms with Gasteiger partial charge in [-0.15, -0.1) is 0 Å². The molecule has 2 N–H and O–H groups in total. The zero-order chi connectivity index (χ0) is 11.5. The van der Waals surface area contributed by atoms with Crippen LogP contribution in [0.4, 0.5) is 23.2 Å². The number of ether oxygens (including phenoxy) is 1. The number of nitrogen functional groups attached to an aromatic ring is 1. The van der Waals surface area contributed by atoms with Gasteiger partial charge in [-0.25, -0.2) is 8.78 Å². The molecule has 0 aromatic heterocycles. The molecule has 0 amide bonds. The molecule has 0 aliphatic carbocycles. The largest absolute Gasteiger partial charge is 0.487 e. The van der Waals surface area contributed by atoms with E-state index in [2.05, 4.69) is 4.74 Å². The van der Waals surface area contributed by atoms with Crippen molar-refractivity contribution in [3.8, 4) is 5.75 Å². The molecule has 7 heteroatoms. The molecule has 0 unspecified atom stereocenters. The van der Waals surface area contributed by atoms with Crippen LogP contribution in [0.25, 0.3) is 0 Å². The van der Waals surface area contributed by atoms with Gasteiger partial charge in [0.15, 0.2) is 6.61 Å². The molecule has 1 aromatic rings. The fourth-order valence-electron chi connectivity index (χ4n) is 0.807. The van der Waals surface area contributed by atoms with Gasteiger partial charge in [-0.05, 0) is 24.3 Å². The maximum absolute atomic E-state index is 12.4. The first-order chi connectivity index (χ1) is 6.92. The fraction of sp³-hybridized carbons (Fsp3) is 0.333. The number of halogens is 4. The van der Waals surface area contributed by atoms with Crippen molar-refractivity contribution in [3.63, 3.8) is 0 Å². The minimum Gasteiger partial charge on any atom is -0.487 e. The summed E-state index contributed by atoms with van der Waals surface area (Å²) in [5, 5.41) is 0. The summed E-state index contributed by atoms with van der Waals surface area (Å²) in [5.74, 6) is -4.06. The van der Waals surface area contributed by atoms with Gasteiger partial charge in [0.25, 0.3) is 0 Å². The van der Waals surface area contributed by atoms with Crippen molar-refractivity contribution in [2.45, 2.75) is 12.3 Å². The molecule has 16 heavy (non-hydrogen) atoms. The zero-order valence-corrected chi connectivity index (χ0v) is 9.05. The van der Waals surface area contributed by atoms with Crippen molar-refractivity contribution in [2.24, 2.45) is 0 Å². The molecule has 0 aliphatic rings. The molecule has 0 saturated heterocycles. The normalized spacial score (nSPS) is 11.1. The van der Waals surface area contributed by atoms with Gasteiger partial charge in [0.05, 0.1) is 0 Å². The third-order valence-corrected chi connectivity index (χ3v) is 1.63. The number of hydrogen-bond acceptors (Lipinski definition) is 2. The summed E-state index contributed by atoms with van der Waals surface area (Å²) in [7, 11) is 0. The first-order valence-corrected chi connectivity index (χ1v) is 4.06. The van der Waals surface area contributed by atoms with E-state index in [1.54, 1.807) is 0 Å². The molecule has 0 aliphatic heterocycles. The van der Waals surface area contributed by atoms with E-state index in [0.29, 0.717) is 5.69 Å². The van der Waals surface area contributed by atoms with Crippen LogP contribution >= 0.6 is 0 Å². The maximum atomic E-state index is 12.4. The second-order valence-electron chi connectivity index (χ2n) is 2.92. The average Bonchev–Trinajstić information content (AvgIpc) is 2.17. The van der Waals surface area contributed by atoms with Gasteiger partial charge in [-0.1, -0.05) is 0 Å². The van der Waals surface area contributed by atoms with Crippen molar-refractivity contribution >= 4 is 5.69 Å². The summed E-state index contributed by atoms with van der Waals surface area (Å²) in [6.07, 6.45) is -3.73. The van der Waals surface area contributed by atoms with Crippen LogP contribution < -0.4 is 10.5 Å². The number of alkyl halides is 4. The number of anilines is 1. The molecule has 0 saturated carbocycles. The molecule has 0 fully saturated rings. The second kappa shape index (κ2) is 5.96. The van der Waals surface area contributed by atoms with Gasteiger partial charge in [0, 0.05) is 22.8 Å². The molecule has 2 nitrogen and oxygen atoms in total. The van der Waals surface area contributed by atoms with E-state index >= 15 is 0 Å². The number of hydrogen-bond donors (Lipinski definition) is 1. The third-order valence-electron chi connectivity index (χ3n) is 1.63. The topological polar surface area (TPSA) is 35.2 Å². The summed E-state index contributed by atoms with van der Waals surface area (Å²) in [5.41, 5.74) is 5.77. The van der Waals surface area contributed by atoms with Gasteiger partial charge >= 0.3 is 12.3 Å². The van der Waals surface area contributed by atoms with Gasteiger partial charge in [0.2, 0.25) is 0 Å². The number of rotatable bonds is 4. The van der Waals surface area contributed by atoms with Crippen LogP contribution in [0.2, 0.25) is 0 Å². The third kappa shape index (κ3) is 4.28. The Kier molecular flexibility index (Phi) is 5.61. The van der Waals surface area contributed by atoms with Gasteiger partial charge in [-0.2, -0.15) is 8.78 Å². The van der Waals surface area contributed by atoms with E-state index in [1.165, 1.54) is 24.3 Å². The molecule has 0 bridgehead atoms. The smallest absolute Gasteiger partial charge is 0.340 e. The SMILES string of the molecule is Nc1ccc(OCC(F)(F)C(F)F)cc1.[Fe]. The molecule has 0 heterocycles. The Hall–Kier alpha value is -0.941. The molecule has 92 valence electrons. The predicted molar refractivity (Wildman–Crippen MR) is 47.3 cm³/mol. The first kappa shape index (κ1) is 15.1.